The fraction of sp³-hybridized carbons (Fsp3) is 0.467. The maximum atomic E-state index is 6.21. The Hall–Kier alpha value is -0.740. The Morgan fingerprint density at radius 1 is 1.30 bits per heavy atom. The summed E-state index contributed by atoms with van der Waals surface area (Å²) in [5.41, 5.74) is 2.02. The van der Waals surface area contributed by atoms with Crippen molar-refractivity contribution in [3.8, 4) is 5.75 Å². The minimum atomic E-state index is 0.530. The van der Waals surface area contributed by atoms with Crippen LogP contribution in [0, 0.1) is 0 Å². The van der Waals surface area contributed by atoms with E-state index in [9.17, 15) is 0 Å². The first-order valence-electron chi connectivity index (χ1n) is 6.49. The van der Waals surface area contributed by atoms with Gasteiger partial charge >= 0.3 is 0 Å². The Labute approximate surface area is 130 Å². The van der Waals surface area contributed by atoms with Gasteiger partial charge in [-0.3, -0.25) is 0 Å². The van der Waals surface area contributed by atoms with Crippen LogP contribution in [0.5, 0.6) is 5.75 Å². The fourth-order valence-electron chi connectivity index (χ4n) is 1.63. The maximum absolute atomic E-state index is 6.21. The van der Waals surface area contributed by atoms with Crippen molar-refractivity contribution in [2.24, 2.45) is 0 Å². The molecule has 0 heterocycles. The van der Waals surface area contributed by atoms with Gasteiger partial charge in [0.1, 0.15) is 5.75 Å². The Morgan fingerprint density at radius 3 is 2.70 bits per heavy atom. The van der Waals surface area contributed by atoms with E-state index in [1.54, 1.807) is 13.2 Å². The molecule has 0 spiro atoms. The number of ether oxygens (including phenoxy) is 2. The number of benzene rings is 1. The van der Waals surface area contributed by atoms with Crippen LogP contribution in [0.1, 0.15) is 18.9 Å². The van der Waals surface area contributed by atoms with Crippen LogP contribution in [-0.4, -0.2) is 26.9 Å². The number of rotatable bonds is 9. The predicted octanol–water partition coefficient (Wildman–Crippen LogP) is 4.07. The summed E-state index contributed by atoms with van der Waals surface area (Å²) in [7, 11) is 1.67. The third kappa shape index (κ3) is 6.14. The molecule has 0 aliphatic carbocycles. The summed E-state index contributed by atoms with van der Waals surface area (Å²) < 4.78 is 10.8. The number of halogens is 2. The van der Waals surface area contributed by atoms with E-state index in [1.807, 2.05) is 13.0 Å². The topological polar surface area (TPSA) is 30.5 Å². The summed E-state index contributed by atoms with van der Waals surface area (Å²) >= 11 is 12.2. The lowest BCUT2D eigenvalue weighted by molar-refractivity contribution is 0.199. The van der Waals surface area contributed by atoms with Crippen molar-refractivity contribution in [3.05, 3.63) is 39.9 Å². The van der Waals surface area contributed by atoms with Gasteiger partial charge in [0.15, 0.2) is 0 Å². The highest BCUT2D eigenvalue weighted by molar-refractivity contribution is 6.35. The van der Waals surface area contributed by atoms with Gasteiger partial charge in [-0.15, -0.1) is 6.58 Å². The van der Waals surface area contributed by atoms with Crippen LogP contribution in [0.2, 0.25) is 10.0 Å². The number of hydrogen-bond acceptors (Lipinski definition) is 3. The van der Waals surface area contributed by atoms with Crippen molar-refractivity contribution < 1.29 is 9.47 Å². The summed E-state index contributed by atoms with van der Waals surface area (Å²) in [6, 6.07) is 3.56. The Kier molecular flexibility index (Phi) is 8.00. The molecule has 1 rings (SSSR count). The van der Waals surface area contributed by atoms with Crippen LogP contribution in [0.25, 0.3) is 0 Å². The van der Waals surface area contributed by atoms with Gasteiger partial charge in [-0.2, -0.15) is 0 Å². The van der Waals surface area contributed by atoms with Gasteiger partial charge in [0.25, 0.3) is 0 Å². The highest BCUT2D eigenvalue weighted by Gasteiger charge is 2.10. The number of hydrogen-bond donors (Lipinski definition) is 1. The lowest BCUT2D eigenvalue weighted by atomic mass is 10.2. The molecule has 3 nitrogen and oxygen atoms in total. The lowest BCUT2D eigenvalue weighted by Gasteiger charge is -2.14. The summed E-state index contributed by atoms with van der Waals surface area (Å²) in [5.74, 6) is 0.683. The predicted molar refractivity (Wildman–Crippen MR) is 85.0 cm³/mol. The van der Waals surface area contributed by atoms with E-state index in [1.165, 1.54) is 0 Å². The average molecular weight is 318 g/mol. The third-order valence-electron chi connectivity index (χ3n) is 2.66. The van der Waals surface area contributed by atoms with E-state index in [0.717, 1.165) is 24.1 Å². The molecule has 0 bridgehead atoms. The molecule has 112 valence electrons. The molecule has 0 aliphatic rings. The van der Waals surface area contributed by atoms with Gasteiger partial charge in [0.05, 0.1) is 18.2 Å². The second-order valence-electron chi connectivity index (χ2n) is 4.60. The van der Waals surface area contributed by atoms with Crippen LogP contribution in [0.4, 0.5) is 0 Å². The summed E-state index contributed by atoms with van der Waals surface area (Å²) in [4.78, 5) is 0. The first kappa shape index (κ1) is 17.3. The zero-order valence-corrected chi connectivity index (χ0v) is 13.5. The van der Waals surface area contributed by atoms with Crippen LogP contribution in [0.3, 0.4) is 0 Å². The van der Waals surface area contributed by atoms with Crippen molar-refractivity contribution >= 4 is 23.2 Å². The van der Waals surface area contributed by atoms with Gasteiger partial charge in [0.2, 0.25) is 0 Å². The quantitative estimate of drug-likeness (QED) is 0.550. The molecule has 0 radical (unpaired) electrons. The van der Waals surface area contributed by atoms with Crippen molar-refractivity contribution in [3.63, 3.8) is 0 Å². The highest BCUT2D eigenvalue weighted by atomic mass is 35.5. The van der Waals surface area contributed by atoms with Crippen molar-refractivity contribution in [2.45, 2.75) is 19.9 Å². The third-order valence-corrected chi connectivity index (χ3v) is 3.16. The van der Waals surface area contributed by atoms with Crippen molar-refractivity contribution in [1.29, 1.82) is 0 Å². The second-order valence-corrected chi connectivity index (χ2v) is 5.44. The normalized spacial score (nSPS) is 10.6. The monoisotopic (exact) mass is 317 g/mol. The molecule has 0 saturated carbocycles. The maximum Gasteiger partial charge on any atom is 0.142 e. The van der Waals surface area contributed by atoms with Crippen molar-refractivity contribution in [1.82, 2.24) is 5.32 Å². The molecule has 0 aromatic heterocycles. The summed E-state index contributed by atoms with van der Waals surface area (Å²) in [5, 5.41) is 4.39. The SMILES string of the molecule is C=C(C)CCOc1c(Cl)cc(Cl)cc1CNCCOC. The van der Waals surface area contributed by atoms with Crippen molar-refractivity contribution in [2.75, 3.05) is 26.9 Å². The van der Waals surface area contributed by atoms with E-state index < -0.39 is 0 Å². The summed E-state index contributed by atoms with van der Waals surface area (Å²) in [6.07, 6.45) is 0.801. The lowest BCUT2D eigenvalue weighted by Crippen LogP contribution is -2.19. The minimum absolute atomic E-state index is 0.530. The Morgan fingerprint density at radius 2 is 2.05 bits per heavy atom. The Balaban J connectivity index is 2.71. The van der Waals surface area contributed by atoms with E-state index >= 15 is 0 Å². The van der Waals surface area contributed by atoms with Gasteiger partial charge in [-0.25, -0.2) is 0 Å². The van der Waals surface area contributed by atoms with E-state index in [4.69, 9.17) is 32.7 Å². The molecule has 1 aromatic rings. The van der Waals surface area contributed by atoms with Gasteiger partial charge in [-0.05, 0) is 19.1 Å². The molecule has 20 heavy (non-hydrogen) atoms. The molecule has 0 amide bonds. The molecule has 0 unspecified atom stereocenters. The smallest absolute Gasteiger partial charge is 0.142 e. The van der Waals surface area contributed by atoms with Gasteiger partial charge in [-0.1, -0.05) is 28.8 Å². The first-order valence-corrected chi connectivity index (χ1v) is 7.25. The van der Waals surface area contributed by atoms with E-state index in [2.05, 4.69) is 11.9 Å². The molecule has 1 N–H and O–H groups in total. The van der Waals surface area contributed by atoms with Crippen LogP contribution < -0.4 is 10.1 Å². The molecule has 0 aliphatic heterocycles. The average Bonchev–Trinajstić information content (AvgIpc) is 2.37. The molecule has 5 heteroatoms. The molecule has 0 atom stereocenters. The molecule has 0 fully saturated rings. The molecule has 1 aromatic carbocycles. The van der Waals surface area contributed by atoms with E-state index in [0.29, 0.717) is 35.6 Å². The largest absolute Gasteiger partial charge is 0.491 e. The highest BCUT2D eigenvalue weighted by Crippen LogP contribution is 2.32. The number of methoxy groups -OCH3 is 1. The molecule has 0 saturated heterocycles. The Bertz CT molecular complexity index is 450. The first-order chi connectivity index (χ1) is 9.54. The second kappa shape index (κ2) is 9.24. The van der Waals surface area contributed by atoms with E-state index in [-0.39, 0.29) is 0 Å². The summed E-state index contributed by atoms with van der Waals surface area (Å²) in [6.45, 7) is 8.42. The van der Waals surface area contributed by atoms with Crippen LogP contribution in [0.15, 0.2) is 24.3 Å². The molecular weight excluding hydrogens is 297 g/mol. The standard InChI is InChI=1S/C15H21Cl2NO2/c1-11(2)4-6-20-15-12(10-18-5-7-19-3)8-13(16)9-14(15)17/h8-9,18H,1,4-7,10H2,2-3H3. The van der Waals surface area contributed by atoms with Gasteiger partial charge in [0, 0.05) is 37.2 Å². The zero-order valence-electron chi connectivity index (χ0n) is 12.0. The fourth-order valence-corrected chi connectivity index (χ4v) is 2.22. The minimum Gasteiger partial charge on any atom is -0.491 e. The van der Waals surface area contributed by atoms with Gasteiger partial charge < -0.3 is 14.8 Å². The number of nitrogens with one attached hydrogen (secondary N) is 1. The van der Waals surface area contributed by atoms with Crippen LogP contribution in [-0.2, 0) is 11.3 Å². The zero-order chi connectivity index (χ0) is 15.0. The van der Waals surface area contributed by atoms with Crippen LogP contribution >= 0.6 is 23.2 Å². The molecular formula is C15H21Cl2NO2.